The number of benzene rings is 2. The molecule has 1 aliphatic rings. The molecule has 6 nitrogen and oxygen atoms in total. The smallest absolute Gasteiger partial charge is 0.293 e. The van der Waals surface area contributed by atoms with Gasteiger partial charge in [-0.3, -0.25) is 14.5 Å². The van der Waals surface area contributed by atoms with Crippen molar-refractivity contribution in [3.8, 4) is 5.75 Å². The summed E-state index contributed by atoms with van der Waals surface area (Å²) in [6.45, 7) is 0.377. The van der Waals surface area contributed by atoms with Crippen LogP contribution in [0.3, 0.4) is 0 Å². The molecule has 0 atom stereocenters. The molecular weight excluding hydrogens is 374 g/mol. The molecule has 0 radical (unpaired) electrons. The molecule has 0 unspecified atom stereocenters. The molecule has 1 aliphatic heterocycles. The minimum atomic E-state index is -0.240. The highest BCUT2D eigenvalue weighted by Crippen LogP contribution is 2.32. The number of nitrogens with one attached hydrogen (secondary N) is 1. The van der Waals surface area contributed by atoms with Crippen molar-refractivity contribution in [2.24, 2.45) is 0 Å². The predicted molar refractivity (Wildman–Crippen MR) is 110 cm³/mol. The van der Waals surface area contributed by atoms with Crippen LogP contribution in [0.4, 0.5) is 4.79 Å². The fourth-order valence-corrected chi connectivity index (χ4v) is 3.94. The van der Waals surface area contributed by atoms with Gasteiger partial charge in [-0.25, -0.2) is 4.98 Å². The van der Waals surface area contributed by atoms with Crippen LogP contribution in [-0.2, 0) is 11.2 Å². The number of carbonyl (C=O) groups is 2. The molecule has 0 spiro atoms. The van der Waals surface area contributed by atoms with Gasteiger partial charge in [-0.2, -0.15) is 0 Å². The minimum absolute atomic E-state index is 0.227. The second kappa shape index (κ2) is 7.90. The van der Waals surface area contributed by atoms with E-state index in [1.54, 1.807) is 13.2 Å². The molecule has 2 amide bonds. The summed E-state index contributed by atoms with van der Waals surface area (Å²) in [5.41, 5.74) is 2.77. The molecule has 2 heterocycles. The van der Waals surface area contributed by atoms with Gasteiger partial charge in [0.1, 0.15) is 11.6 Å². The van der Waals surface area contributed by atoms with Gasteiger partial charge in [0, 0.05) is 13.0 Å². The third-order valence-corrected chi connectivity index (χ3v) is 5.43. The summed E-state index contributed by atoms with van der Waals surface area (Å²) >= 11 is 0.980. The van der Waals surface area contributed by atoms with E-state index < -0.39 is 0 Å². The van der Waals surface area contributed by atoms with Gasteiger partial charge in [0.25, 0.3) is 11.1 Å². The lowest BCUT2D eigenvalue weighted by molar-refractivity contribution is -0.122. The van der Waals surface area contributed by atoms with Gasteiger partial charge < -0.3 is 9.72 Å². The number of amides is 2. The van der Waals surface area contributed by atoms with Crippen LogP contribution < -0.4 is 4.74 Å². The number of thioether (sulfide) groups is 1. The van der Waals surface area contributed by atoms with Crippen molar-refractivity contribution in [3.63, 3.8) is 0 Å². The maximum absolute atomic E-state index is 12.6. The number of fused-ring (bicyclic) bond motifs is 1. The molecule has 0 bridgehead atoms. The number of imidazole rings is 1. The van der Waals surface area contributed by atoms with Crippen molar-refractivity contribution in [2.75, 3.05) is 13.7 Å². The molecule has 1 N–H and O–H groups in total. The van der Waals surface area contributed by atoms with Gasteiger partial charge in [-0.15, -0.1) is 0 Å². The number of methoxy groups -OCH3 is 1. The van der Waals surface area contributed by atoms with Gasteiger partial charge in [-0.05, 0) is 54.1 Å². The Balaban J connectivity index is 1.38. The van der Waals surface area contributed by atoms with E-state index in [0.717, 1.165) is 39.9 Å². The fraction of sp³-hybridized carbons (Fsp3) is 0.190. The summed E-state index contributed by atoms with van der Waals surface area (Å²) in [6, 6.07) is 15.2. The van der Waals surface area contributed by atoms with E-state index in [2.05, 4.69) is 9.97 Å². The largest absolute Gasteiger partial charge is 0.497 e. The lowest BCUT2D eigenvalue weighted by Crippen LogP contribution is -2.29. The van der Waals surface area contributed by atoms with Crippen molar-refractivity contribution in [1.82, 2.24) is 14.9 Å². The van der Waals surface area contributed by atoms with Crippen LogP contribution in [0.2, 0.25) is 0 Å². The van der Waals surface area contributed by atoms with Crippen LogP contribution in [0.25, 0.3) is 17.1 Å². The maximum Gasteiger partial charge on any atom is 0.293 e. The van der Waals surface area contributed by atoms with E-state index in [4.69, 9.17) is 4.74 Å². The Morgan fingerprint density at radius 2 is 1.93 bits per heavy atom. The number of imide groups is 1. The predicted octanol–water partition coefficient (Wildman–Crippen LogP) is 4.24. The second-order valence-corrected chi connectivity index (χ2v) is 7.40. The molecule has 1 fully saturated rings. The molecule has 28 heavy (non-hydrogen) atoms. The summed E-state index contributed by atoms with van der Waals surface area (Å²) in [4.78, 5) is 34.4. The highest BCUT2D eigenvalue weighted by Gasteiger charge is 2.34. The Morgan fingerprint density at radius 3 is 2.68 bits per heavy atom. The number of hydrogen-bond donors (Lipinski definition) is 1. The summed E-state index contributed by atoms with van der Waals surface area (Å²) in [5.74, 6) is 1.37. The van der Waals surface area contributed by atoms with E-state index in [-0.39, 0.29) is 11.1 Å². The number of hydrogen-bond acceptors (Lipinski definition) is 5. The first kappa shape index (κ1) is 18.3. The lowest BCUT2D eigenvalue weighted by Gasteiger charge is -2.11. The van der Waals surface area contributed by atoms with Crippen molar-refractivity contribution in [2.45, 2.75) is 12.8 Å². The van der Waals surface area contributed by atoms with E-state index >= 15 is 0 Å². The Labute approximate surface area is 166 Å². The molecule has 7 heteroatoms. The molecule has 0 aliphatic carbocycles. The first-order valence-electron chi connectivity index (χ1n) is 8.97. The Hall–Kier alpha value is -3.06. The van der Waals surface area contributed by atoms with Crippen LogP contribution in [0, 0.1) is 0 Å². The van der Waals surface area contributed by atoms with Gasteiger partial charge >= 0.3 is 0 Å². The van der Waals surface area contributed by atoms with Gasteiger partial charge in [0.05, 0.1) is 23.0 Å². The topological polar surface area (TPSA) is 75.3 Å². The van der Waals surface area contributed by atoms with Gasteiger partial charge in [0.15, 0.2) is 0 Å². The van der Waals surface area contributed by atoms with E-state index in [1.165, 1.54) is 4.90 Å². The molecule has 1 aromatic heterocycles. The molecule has 3 aromatic rings. The number of aromatic nitrogens is 2. The van der Waals surface area contributed by atoms with Crippen LogP contribution in [0.15, 0.2) is 53.4 Å². The summed E-state index contributed by atoms with van der Waals surface area (Å²) < 4.78 is 5.13. The van der Waals surface area contributed by atoms with Crippen molar-refractivity contribution in [3.05, 3.63) is 64.8 Å². The molecule has 1 saturated heterocycles. The van der Waals surface area contributed by atoms with Crippen molar-refractivity contribution >= 4 is 40.0 Å². The van der Waals surface area contributed by atoms with Crippen LogP contribution in [0.5, 0.6) is 5.75 Å². The van der Waals surface area contributed by atoms with Crippen molar-refractivity contribution < 1.29 is 14.3 Å². The third-order valence-electron chi connectivity index (χ3n) is 4.52. The zero-order valence-electron chi connectivity index (χ0n) is 15.3. The van der Waals surface area contributed by atoms with Crippen LogP contribution in [-0.4, -0.2) is 39.7 Å². The van der Waals surface area contributed by atoms with Crippen molar-refractivity contribution in [1.29, 1.82) is 0 Å². The number of aromatic amines is 1. The Kier molecular flexibility index (Phi) is 5.16. The Bertz CT molecular complexity index is 1020. The molecular formula is C21H19N3O3S. The monoisotopic (exact) mass is 393 g/mol. The number of rotatable bonds is 6. The zero-order valence-corrected chi connectivity index (χ0v) is 16.2. The summed E-state index contributed by atoms with van der Waals surface area (Å²) in [5, 5.41) is -0.227. The van der Waals surface area contributed by atoms with Crippen LogP contribution in [0.1, 0.15) is 17.8 Å². The van der Waals surface area contributed by atoms with Crippen LogP contribution >= 0.6 is 11.8 Å². The number of H-pyrrole nitrogens is 1. The normalized spacial score (nSPS) is 15.8. The highest BCUT2D eigenvalue weighted by atomic mass is 32.2. The number of aryl methyl sites for hydroxylation is 1. The minimum Gasteiger partial charge on any atom is -0.497 e. The van der Waals surface area contributed by atoms with Gasteiger partial charge in [-0.1, -0.05) is 24.3 Å². The van der Waals surface area contributed by atoms with E-state index in [9.17, 15) is 9.59 Å². The molecule has 2 aromatic carbocycles. The average Bonchev–Trinajstić information content (AvgIpc) is 3.24. The van der Waals surface area contributed by atoms with Gasteiger partial charge in [0.2, 0.25) is 0 Å². The summed E-state index contributed by atoms with van der Waals surface area (Å²) in [7, 11) is 1.60. The molecule has 4 rings (SSSR count). The number of para-hydroxylation sites is 2. The first-order chi connectivity index (χ1) is 13.6. The first-order valence-corrected chi connectivity index (χ1v) is 9.79. The third kappa shape index (κ3) is 3.80. The molecule has 142 valence electrons. The molecule has 0 saturated carbocycles. The number of nitrogens with zero attached hydrogens (tertiary/aromatic N) is 2. The SMILES string of the molecule is COc1ccc(C=C2SC(=O)N(CCCc3nc4ccccc4[nH]3)C2=O)cc1. The van der Waals surface area contributed by atoms with E-state index in [1.807, 2.05) is 48.5 Å². The lowest BCUT2D eigenvalue weighted by atomic mass is 10.2. The second-order valence-electron chi connectivity index (χ2n) is 6.41. The average molecular weight is 393 g/mol. The van der Waals surface area contributed by atoms with E-state index in [0.29, 0.717) is 24.3 Å². The quantitative estimate of drug-likeness (QED) is 0.634. The summed E-state index contributed by atoms with van der Waals surface area (Å²) in [6.07, 6.45) is 3.07. The fourth-order valence-electron chi connectivity index (χ4n) is 3.07. The Morgan fingerprint density at radius 1 is 1.14 bits per heavy atom. The number of ether oxygens (including phenoxy) is 1. The highest BCUT2D eigenvalue weighted by molar-refractivity contribution is 8.18. The maximum atomic E-state index is 12.6. The standard InChI is InChI=1S/C21H19N3O3S/c1-27-15-10-8-14(9-11-15)13-18-20(25)24(21(26)28-18)12-4-7-19-22-16-5-2-3-6-17(16)23-19/h2-3,5-6,8-11,13H,4,7,12H2,1H3,(H,22,23). The zero-order chi connectivity index (χ0) is 19.5. The number of carbonyl (C=O) groups excluding carboxylic acids is 2.